The van der Waals surface area contributed by atoms with E-state index in [0.29, 0.717) is 22.0 Å². The first-order chi connectivity index (χ1) is 7.66. The lowest BCUT2D eigenvalue weighted by Crippen LogP contribution is -2.16. The quantitative estimate of drug-likeness (QED) is 0.654. The molecule has 0 aliphatic carbocycles. The van der Waals surface area contributed by atoms with Crippen molar-refractivity contribution in [2.45, 2.75) is 18.5 Å². The van der Waals surface area contributed by atoms with Crippen molar-refractivity contribution >= 4 is 22.4 Å². The third-order valence-corrected chi connectivity index (χ3v) is 4.40. The van der Waals surface area contributed by atoms with E-state index in [9.17, 15) is 4.21 Å². The van der Waals surface area contributed by atoms with Gasteiger partial charge in [-0.3, -0.25) is 4.21 Å². The second kappa shape index (κ2) is 5.21. The van der Waals surface area contributed by atoms with Crippen molar-refractivity contribution < 1.29 is 4.21 Å². The Morgan fingerprint density at radius 2 is 2.50 bits per heavy atom. The Balaban J connectivity index is 2.05. The van der Waals surface area contributed by atoms with Gasteiger partial charge in [-0.2, -0.15) is 0 Å². The fraction of sp³-hybridized carbons (Fsp3) is 0.600. The Bertz CT molecular complexity index is 407. The standard InChI is InChI=1S/C10H14ClN3OS/c1-7-4-13-10(14-9(7)11)16(15)6-8-2-3-12-5-8/h4,8,12H,2-3,5-6H2,1H3. The summed E-state index contributed by atoms with van der Waals surface area (Å²) in [4.78, 5) is 8.11. The summed E-state index contributed by atoms with van der Waals surface area (Å²) in [6.07, 6.45) is 2.70. The number of hydrogen-bond donors (Lipinski definition) is 1. The van der Waals surface area contributed by atoms with Crippen LogP contribution in [0.5, 0.6) is 0 Å². The zero-order chi connectivity index (χ0) is 11.5. The van der Waals surface area contributed by atoms with Gasteiger partial charge in [0.25, 0.3) is 0 Å². The highest BCUT2D eigenvalue weighted by Gasteiger charge is 2.19. The molecule has 1 saturated heterocycles. The zero-order valence-corrected chi connectivity index (χ0v) is 10.6. The van der Waals surface area contributed by atoms with Crippen LogP contribution in [-0.4, -0.2) is 33.0 Å². The van der Waals surface area contributed by atoms with E-state index in [0.717, 1.165) is 25.1 Å². The molecular weight excluding hydrogens is 246 g/mol. The van der Waals surface area contributed by atoms with Crippen molar-refractivity contribution in [1.82, 2.24) is 15.3 Å². The maximum Gasteiger partial charge on any atom is 0.219 e. The summed E-state index contributed by atoms with van der Waals surface area (Å²) in [6.45, 7) is 3.78. The molecule has 16 heavy (non-hydrogen) atoms. The SMILES string of the molecule is Cc1cnc(S(=O)CC2CCNC2)nc1Cl. The molecule has 2 heterocycles. The number of aryl methyl sites for hydroxylation is 1. The van der Waals surface area contributed by atoms with Crippen LogP contribution >= 0.6 is 11.6 Å². The largest absolute Gasteiger partial charge is 0.316 e. The van der Waals surface area contributed by atoms with Gasteiger partial charge >= 0.3 is 0 Å². The Kier molecular flexibility index (Phi) is 3.89. The summed E-state index contributed by atoms with van der Waals surface area (Å²) in [5.41, 5.74) is 0.810. The first-order valence-electron chi connectivity index (χ1n) is 5.25. The topological polar surface area (TPSA) is 54.9 Å². The Morgan fingerprint density at radius 3 is 3.12 bits per heavy atom. The number of hydrogen-bond acceptors (Lipinski definition) is 4. The van der Waals surface area contributed by atoms with E-state index in [1.807, 2.05) is 6.92 Å². The molecule has 1 aromatic heterocycles. The first-order valence-corrected chi connectivity index (χ1v) is 6.94. The maximum atomic E-state index is 12.0. The molecule has 88 valence electrons. The van der Waals surface area contributed by atoms with Crippen LogP contribution in [0, 0.1) is 12.8 Å². The van der Waals surface area contributed by atoms with Gasteiger partial charge in [0.1, 0.15) is 5.15 Å². The average Bonchev–Trinajstić information content (AvgIpc) is 2.74. The normalized spacial score (nSPS) is 22.2. The summed E-state index contributed by atoms with van der Waals surface area (Å²) >= 11 is 5.88. The molecule has 2 rings (SSSR count). The molecule has 1 aliphatic rings. The minimum atomic E-state index is -1.14. The lowest BCUT2D eigenvalue weighted by molar-refractivity contribution is 0.627. The van der Waals surface area contributed by atoms with Crippen LogP contribution in [0.2, 0.25) is 5.15 Å². The minimum Gasteiger partial charge on any atom is -0.316 e. The Hall–Kier alpha value is -0.520. The summed E-state index contributed by atoms with van der Waals surface area (Å²) in [5, 5.41) is 3.99. The molecular formula is C10H14ClN3OS. The predicted molar refractivity (Wildman–Crippen MR) is 64.0 cm³/mol. The smallest absolute Gasteiger partial charge is 0.219 e. The van der Waals surface area contributed by atoms with Gasteiger partial charge in [0, 0.05) is 17.5 Å². The van der Waals surface area contributed by atoms with E-state index in [2.05, 4.69) is 15.3 Å². The molecule has 0 spiro atoms. The second-order valence-corrected chi connectivity index (χ2v) is 5.74. The van der Waals surface area contributed by atoms with E-state index in [4.69, 9.17) is 11.6 Å². The lowest BCUT2D eigenvalue weighted by atomic mass is 10.2. The molecule has 1 N–H and O–H groups in total. The number of nitrogens with zero attached hydrogens (tertiary/aromatic N) is 2. The molecule has 0 saturated carbocycles. The van der Waals surface area contributed by atoms with E-state index >= 15 is 0 Å². The lowest BCUT2D eigenvalue weighted by Gasteiger charge is -2.07. The first kappa shape index (κ1) is 12.0. The van der Waals surface area contributed by atoms with Crippen LogP contribution in [0.25, 0.3) is 0 Å². The monoisotopic (exact) mass is 259 g/mol. The summed E-state index contributed by atoms with van der Waals surface area (Å²) in [6, 6.07) is 0. The highest BCUT2D eigenvalue weighted by atomic mass is 35.5. The molecule has 1 fully saturated rings. The molecule has 6 heteroatoms. The van der Waals surface area contributed by atoms with E-state index < -0.39 is 10.8 Å². The summed E-state index contributed by atoms with van der Waals surface area (Å²) in [5.74, 6) is 1.08. The molecule has 2 unspecified atom stereocenters. The highest BCUT2D eigenvalue weighted by Crippen LogP contribution is 2.15. The second-order valence-electron chi connectivity index (χ2n) is 4.00. The van der Waals surface area contributed by atoms with Crippen molar-refractivity contribution in [2.75, 3.05) is 18.8 Å². The van der Waals surface area contributed by atoms with Crippen molar-refractivity contribution in [1.29, 1.82) is 0 Å². The fourth-order valence-corrected chi connectivity index (χ4v) is 3.07. The Labute approximate surface area is 102 Å². The van der Waals surface area contributed by atoms with Crippen LogP contribution in [0.1, 0.15) is 12.0 Å². The van der Waals surface area contributed by atoms with Crippen LogP contribution in [0.3, 0.4) is 0 Å². The summed E-state index contributed by atoms with van der Waals surface area (Å²) < 4.78 is 12.0. The summed E-state index contributed by atoms with van der Waals surface area (Å²) in [7, 11) is -1.14. The van der Waals surface area contributed by atoms with Crippen LogP contribution < -0.4 is 5.32 Å². The van der Waals surface area contributed by atoms with Crippen LogP contribution in [-0.2, 0) is 10.8 Å². The third-order valence-electron chi connectivity index (χ3n) is 2.64. The molecule has 0 radical (unpaired) electrons. The van der Waals surface area contributed by atoms with E-state index in [1.165, 1.54) is 0 Å². The van der Waals surface area contributed by atoms with Gasteiger partial charge in [0.05, 0.1) is 10.8 Å². The molecule has 2 atom stereocenters. The number of rotatable bonds is 3. The highest BCUT2D eigenvalue weighted by molar-refractivity contribution is 7.84. The van der Waals surface area contributed by atoms with Gasteiger partial charge in [-0.25, -0.2) is 9.97 Å². The zero-order valence-electron chi connectivity index (χ0n) is 9.07. The number of halogens is 1. The Morgan fingerprint density at radius 1 is 1.69 bits per heavy atom. The predicted octanol–water partition coefficient (Wildman–Crippen LogP) is 1.16. The van der Waals surface area contributed by atoms with Crippen LogP contribution in [0.15, 0.2) is 11.4 Å². The van der Waals surface area contributed by atoms with E-state index in [1.54, 1.807) is 6.20 Å². The van der Waals surface area contributed by atoms with Gasteiger partial charge in [-0.15, -0.1) is 0 Å². The number of nitrogens with one attached hydrogen (secondary N) is 1. The molecule has 0 aromatic carbocycles. The van der Waals surface area contributed by atoms with Gasteiger partial charge in [0.15, 0.2) is 0 Å². The minimum absolute atomic E-state index is 0.350. The fourth-order valence-electron chi connectivity index (χ4n) is 1.66. The van der Waals surface area contributed by atoms with E-state index in [-0.39, 0.29) is 0 Å². The van der Waals surface area contributed by atoms with Gasteiger partial charge in [0.2, 0.25) is 5.16 Å². The maximum absolute atomic E-state index is 12.0. The van der Waals surface area contributed by atoms with Crippen LogP contribution in [0.4, 0.5) is 0 Å². The average molecular weight is 260 g/mol. The van der Waals surface area contributed by atoms with Crippen molar-refractivity contribution in [3.8, 4) is 0 Å². The molecule has 0 amide bonds. The van der Waals surface area contributed by atoms with Crippen molar-refractivity contribution in [3.05, 3.63) is 16.9 Å². The van der Waals surface area contributed by atoms with Gasteiger partial charge in [-0.05, 0) is 32.4 Å². The van der Waals surface area contributed by atoms with Gasteiger partial charge in [-0.1, -0.05) is 11.6 Å². The molecule has 1 aromatic rings. The van der Waals surface area contributed by atoms with Crippen molar-refractivity contribution in [3.63, 3.8) is 0 Å². The molecule has 1 aliphatic heterocycles. The number of aromatic nitrogens is 2. The molecule has 4 nitrogen and oxygen atoms in total. The third kappa shape index (κ3) is 2.78. The van der Waals surface area contributed by atoms with Crippen molar-refractivity contribution in [2.24, 2.45) is 5.92 Å². The van der Waals surface area contributed by atoms with Gasteiger partial charge < -0.3 is 5.32 Å². The molecule has 0 bridgehead atoms.